The summed E-state index contributed by atoms with van der Waals surface area (Å²) in [6, 6.07) is 11.1. The number of para-hydroxylation sites is 1. The van der Waals surface area contributed by atoms with Crippen LogP contribution in [0.25, 0.3) is 0 Å². The molecule has 0 bridgehead atoms. The summed E-state index contributed by atoms with van der Waals surface area (Å²) in [5.74, 6) is 0. The fourth-order valence-corrected chi connectivity index (χ4v) is 2.86. The number of anilines is 1. The molecule has 0 saturated heterocycles. The zero-order valence-corrected chi connectivity index (χ0v) is 12.9. The molecule has 1 aliphatic carbocycles. The molecule has 1 fully saturated rings. The quantitative estimate of drug-likeness (QED) is 0.830. The Morgan fingerprint density at radius 1 is 1.29 bits per heavy atom. The summed E-state index contributed by atoms with van der Waals surface area (Å²) in [5, 5.41) is 4.55. The van der Waals surface area contributed by atoms with Crippen LogP contribution in [0.3, 0.4) is 0 Å². The number of aryl methyl sites for hydroxylation is 2. The molecular formula is C17H24N4. The molecule has 1 saturated carbocycles. The number of nitrogens with zero attached hydrogens (tertiary/aromatic N) is 3. The van der Waals surface area contributed by atoms with E-state index >= 15 is 0 Å². The molecule has 0 amide bonds. The largest absolute Gasteiger partial charge is 0.398 e. The molecule has 21 heavy (non-hydrogen) atoms. The van der Waals surface area contributed by atoms with Gasteiger partial charge in [-0.2, -0.15) is 5.10 Å². The summed E-state index contributed by atoms with van der Waals surface area (Å²) < 4.78 is 2.11. The van der Waals surface area contributed by atoms with Crippen LogP contribution < -0.4 is 5.73 Å². The van der Waals surface area contributed by atoms with Crippen molar-refractivity contribution in [2.75, 3.05) is 5.73 Å². The van der Waals surface area contributed by atoms with E-state index in [0.29, 0.717) is 6.04 Å². The van der Waals surface area contributed by atoms with Gasteiger partial charge in [-0.3, -0.25) is 9.58 Å². The van der Waals surface area contributed by atoms with Gasteiger partial charge in [-0.25, -0.2) is 0 Å². The van der Waals surface area contributed by atoms with Gasteiger partial charge in [-0.1, -0.05) is 18.2 Å². The van der Waals surface area contributed by atoms with Gasteiger partial charge < -0.3 is 5.73 Å². The minimum absolute atomic E-state index is 0.699. The van der Waals surface area contributed by atoms with E-state index < -0.39 is 0 Å². The highest BCUT2D eigenvalue weighted by molar-refractivity contribution is 5.46. The lowest BCUT2D eigenvalue weighted by molar-refractivity contribution is 0.238. The van der Waals surface area contributed by atoms with Gasteiger partial charge in [0.1, 0.15) is 0 Å². The minimum Gasteiger partial charge on any atom is -0.398 e. The highest BCUT2D eigenvalue weighted by Crippen LogP contribution is 2.30. The molecule has 112 valence electrons. The van der Waals surface area contributed by atoms with Crippen LogP contribution in [0.2, 0.25) is 0 Å². The van der Waals surface area contributed by atoms with E-state index in [0.717, 1.165) is 31.0 Å². The van der Waals surface area contributed by atoms with E-state index in [1.54, 1.807) is 0 Å². The van der Waals surface area contributed by atoms with E-state index in [-0.39, 0.29) is 0 Å². The molecule has 0 atom stereocenters. The highest BCUT2D eigenvalue weighted by Gasteiger charge is 2.30. The molecule has 4 heteroatoms. The molecule has 2 N–H and O–H groups in total. The first-order valence-electron chi connectivity index (χ1n) is 7.78. The van der Waals surface area contributed by atoms with Gasteiger partial charge in [0, 0.05) is 31.4 Å². The Kier molecular flexibility index (Phi) is 3.97. The summed E-state index contributed by atoms with van der Waals surface area (Å²) in [6.07, 6.45) is 2.60. The second-order valence-corrected chi connectivity index (χ2v) is 5.93. The Bertz CT molecular complexity index is 613. The van der Waals surface area contributed by atoms with E-state index in [1.807, 2.05) is 12.1 Å². The van der Waals surface area contributed by atoms with Crippen LogP contribution in [0.5, 0.6) is 0 Å². The number of hydrogen-bond donors (Lipinski definition) is 1. The Morgan fingerprint density at radius 3 is 2.71 bits per heavy atom. The molecular weight excluding hydrogens is 260 g/mol. The average molecular weight is 284 g/mol. The Labute approximate surface area is 126 Å². The van der Waals surface area contributed by atoms with Crippen molar-refractivity contribution in [3.63, 3.8) is 0 Å². The van der Waals surface area contributed by atoms with Gasteiger partial charge in [0.05, 0.1) is 11.4 Å². The lowest BCUT2D eigenvalue weighted by atomic mass is 10.1. The minimum atomic E-state index is 0.699. The monoisotopic (exact) mass is 284 g/mol. The first-order chi connectivity index (χ1) is 10.2. The maximum Gasteiger partial charge on any atom is 0.0597 e. The van der Waals surface area contributed by atoms with Gasteiger partial charge in [0.15, 0.2) is 0 Å². The molecule has 0 radical (unpaired) electrons. The zero-order valence-electron chi connectivity index (χ0n) is 12.9. The smallest absolute Gasteiger partial charge is 0.0597 e. The van der Waals surface area contributed by atoms with Gasteiger partial charge in [-0.15, -0.1) is 0 Å². The number of hydrogen-bond acceptors (Lipinski definition) is 3. The number of aromatic nitrogens is 2. The van der Waals surface area contributed by atoms with E-state index in [4.69, 9.17) is 5.73 Å². The molecule has 1 aliphatic rings. The van der Waals surface area contributed by atoms with Crippen LogP contribution in [-0.2, 0) is 19.6 Å². The van der Waals surface area contributed by atoms with Crippen LogP contribution in [-0.4, -0.2) is 20.7 Å². The van der Waals surface area contributed by atoms with Gasteiger partial charge in [0.25, 0.3) is 0 Å². The van der Waals surface area contributed by atoms with Crippen LogP contribution >= 0.6 is 0 Å². The van der Waals surface area contributed by atoms with E-state index in [9.17, 15) is 0 Å². The van der Waals surface area contributed by atoms with Gasteiger partial charge in [0.2, 0.25) is 0 Å². The van der Waals surface area contributed by atoms with Crippen LogP contribution in [0.15, 0.2) is 30.3 Å². The average Bonchev–Trinajstić information content (AvgIpc) is 3.25. The third-order valence-corrected chi connectivity index (χ3v) is 4.14. The summed E-state index contributed by atoms with van der Waals surface area (Å²) >= 11 is 0. The van der Waals surface area contributed by atoms with Crippen molar-refractivity contribution in [3.05, 3.63) is 47.3 Å². The summed E-state index contributed by atoms with van der Waals surface area (Å²) in [6.45, 7) is 7.01. The van der Waals surface area contributed by atoms with Crippen molar-refractivity contribution < 1.29 is 0 Å². The van der Waals surface area contributed by atoms with Crippen LogP contribution in [0, 0.1) is 6.92 Å². The molecule has 0 unspecified atom stereocenters. The molecule has 1 aromatic carbocycles. The number of rotatable bonds is 6. The van der Waals surface area contributed by atoms with Gasteiger partial charge >= 0.3 is 0 Å². The Hall–Kier alpha value is -1.81. The maximum atomic E-state index is 6.10. The first-order valence-corrected chi connectivity index (χ1v) is 7.78. The summed E-state index contributed by atoms with van der Waals surface area (Å²) in [7, 11) is 0. The molecule has 2 aromatic rings. The number of nitrogens with two attached hydrogens (primary N) is 1. The summed E-state index contributed by atoms with van der Waals surface area (Å²) in [4.78, 5) is 2.54. The third kappa shape index (κ3) is 3.27. The topological polar surface area (TPSA) is 47.1 Å². The van der Waals surface area contributed by atoms with Gasteiger partial charge in [-0.05, 0) is 44.4 Å². The predicted molar refractivity (Wildman–Crippen MR) is 85.8 cm³/mol. The van der Waals surface area contributed by atoms with Crippen LogP contribution in [0.1, 0.15) is 36.7 Å². The van der Waals surface area contributed by atoms with E-state index in [1.165, 1.54) is 24.1 Å². The SMILES string of the molecule is CCn1nc(C)cc1CN(Cc1ccccc1N)C1CC1. The van der Waals surface area contributed by atoms with E-state index in [2.05, 4.69) is 46.7 Å². The molecule has 4 nitrogen and oxygen atoms in total. The van der Waals surface area contributed by atoms with Crippen LogP contribution in [0.4, 0.5) is 5.69 Å². The van der Waals surface area contributed by atoms with Crippen molar-refractivity contribution in [1.82, 2.24) is 14.7 Å². The summed E-state index contributed by atoms with van der Waals surface area (Å²) in [5.41, 5.74) is 10.6. The zero-order chi connectivity index (χ0) is 14.8. The standard InChI is InChI=1S/C17H24N4/c1-3-21-16(10-13(2)19-21)12-20(15-8-9-15)11-14-6-4-5-7-17(14)18/h4-7,10,15H,3,8-9,11-12,18H2,1-2H3. The van der Waals surface area contributed by atoms with Crippen molar-refractivity contribution in [2.24, 2.45) is 0 Å². The van der Waals surface area contributed by atoms with Crippen molar-refractivity contribution >= 4 is 5.69 Å². The molecule has 0 spiro atoms. The second-order valence-electron chi connectivity index (χ2n) is 5.93. The number of nitrogen functional groups attached to an aromatic ring is 1. The molecule has 0 aliphatic heterocycles. The Balaban J connectivity index is 1.77. The van der Waals surface area contributed by atoms with Crippen molar-refractivity contribution in [3.8, 4) is 0 Å². The molecule has 3 rings (SSSR count). The molecule has 1 aromatic heterocycles. The fraction of sp³-hybridized carbons (Fsp3) is 0.471. The molecule has 1 heterocycles. The van der Waals surface area contributed by atoms with Crippen molar-refractivity contribution in [2.45, 2.75) is 52.4 Å². The third-order valence-electron chi connectivity index (χ3n) is 4.14. The first kappa shape index (κ1) is 14.1. The number of benzene rings is 1. The highest BCUT2D eigenvalue weighted by atomic mass is 15.3. The Morgan fingerprint density at radius 2 is 2.05 bits per heavy atom. The predicted octanol–water partition coefficient (Wildman–Crippen LogP) is 2.96. The maximum absolute atomic E-state index is 6.10. The normalized spacial score (nSPS) is 14.8. The second kappa shape index (κ2) is 5.90. The lowest BCUT2D eigenvalue weighted by Crippen LogP contribution is -2.26. The van der Waals surface area contributed by atoms with Crippen molar-refractivity contribution in [1.29, 1.82) is 0 Å². The lowest BCUT2D eigenvalue weighted by Gasteiger charge is -2.23. The fourth-order valence-electron chi connectivity index (χ4n) is 2.86.